The van der Waals surface area contributed by atoms with E-state index in [0.29, 0.717) is 17.0 Å². The fourth-order valence-electron chi connectivity index (χ4n) is 1.32. The van der Waals surface area contributed by atoms with Gasteiger partial charge in [0.2, 0.25) is 0 Å². The number of furan rings is 1. The minimum atomic E-state index is -0.165. The molecule has 4 nitrogen and oxygen atoms in total. The third-order valence-corrected chi connectivity index (χ3v) is 2.50. The number of nitrogens with one attached hydrogen (secondary N) is 2. The van der Waals surface area contributed by atoms with E-state index in [4.69, 9.17) is 4.42 Å². The standard InChI is InChI=1S/C11H17BrN2O2/c1-3-4-13-5-6-14-11(15)10-8(2)7-9(12)16-10/h7,13H,3-6H2,1-2H3,(H,14,15). The smallest absolute Gasteiger partial charge is 0.287 e. The highest BCUT2D eigenvalue weighted by molar-refractivity contribution is 9.10. The molecule has 1 amide bonds. The van der Waals surface area contributed by atoms with Gasteiger partial charge in [0.05, 0.1) is 0 Å². The summed E-state index contributed by atoms with van der Waals surface area (Å²) in [4.78, 5) is 11.7. The first kappa shape index (κ1) is 13.3. The van der Waals surface area contributed by atoms with Gasteiger partial charge in [-0.1, -0.05) is 6.92 Å². The van der Waals surface area contributed by atoms with Gasteiger partial charge in [-0.15, -0.1) is 0 Å². The molecule has 0 atom stereocenters. The maximum absolute atomic E-state index is 11.7. The van der Waals surface area contributed by atoms with Crippen molar-refractivity contribution in [1.82, 2.24) is 10.6 Å². The zero-order valence-electron chi connectivity index (χ0n) is 9.60. The molecular formula is C11H17BrN2O2. The normalized spacial score (nSPS) is 10.4. The van der Waals surface area contributed by atoms with Gasteiger partial charge in [-0.05, 0) is 41.9 Å². The van der Waals surface area contributed by atoms with Crippen LogP contribution >= 0.6 is 15.9 Å². The highest BCUT2D eigenvalue weighted by atomic mass is 79.9. The van der Waals surface area contributed by atoms with Gasteiger partial charge in [0, 0.05) is 18.7 Å². The quantitative estimate of drug-likeness (QED) is 0.788. The SMILES string of the molecule is CCCNCCNC(=O)c1oc(Br)cc1C. The summed E-state index contributed by atoms with van der Waals surface area (Å²) in [7, 11) is 0. The van der Waals surface area contributed by atoms with Crippen LogP contribution in [0.4, 0.5) is 0 Å². The van der Waals surface area contributed by atoms with Gasteiger partial charge in [0.1, 0.15) is 0 Å². The number of aryl methyl sites for hydroxylation is 1. The average molecular weight is 289 g/mol. The molecule has 0 aliphatic rings. The van der Waals surface area contributed by atoms with Crippen molar-refractivity contribution >= 4 is 21.8 Å². The predicted molar refractivity (Wildman–Crippen MR) is 66.6 cm³/mol. The number of hydrogen-bond acceptors (Lipinski definition) is 3. The highest BCUT2D eigenvalue weighted by Crippen LogP contribution is 2.19. The minimum Gasteiger partial charge on any atom is -0.444 e. The van der Waals surface area contributed by atoms with Crippen molar-refractivity contribution in [2.75, 3.05) is 19.6 Å². The van der Waals surface area contributed by atoms with Crippen LogP contribution in [-0.2, 0) is 0 Å². The van der Waals surface area contributed by atoms with Crippen LogP contribution in [0.15, 0.2) is 15.2 Å². The first-order valence-electron chi connectivity index (χ1n) is 5.40. The Morgan fingerprint density at radius 2 is 2.19 bits per heavy atom. The lowest BCUT2D eigenvalue weighted by Gasteiger charge is -2.04. The van der Waals surface area contributed by atoms with Gasteiger partial charge >= 0.3 is 0 Å². The zero-order valence-corrected chi connectivity index (χ0v) is 11.2. The molecular weight excluding hydrogens is 272 g/mol. The summed E-state index contributed by atoms with van der Waals surface area (Å²) in [6.07, 6.45) is 1.10. The van der Waals surface area contributed by atoms with E-state index < -0.39 is 0 Å². The fourth-order valence-corrected chi connectivity index (χ4v) is 1.82. The van der Waals surface area contributed by atoms with Crippen LogP contribution in [0.25, 0.3) is 0 Å². The number of carbonyl (C=O) groups excluding carboxylic acids is 1. The second-order valence-electron chi connectivity index (χ2n) is 3.57. The first-order valence-corrected chi connectivity index (χ1v) is 6.19. The van der Waals surface area contributed by atoms with Crippen molar-refractivity contribution in [2.45, 2.75) is 20.3 Å². The number of halogens is 1. The number of hydrogen-bond donors (Lipinski definition) is 2. The largest absolute Gasteiger partial charge is 0.444 e. The molecule has 0 fully saturated rings. The fraction of sp³-hybridized carbons (Fsp3) is 0.545. The van der Waals surface area contributed by atoms with Crippen LogP contribution in [0.5, 0.6) is 0 Å². The van der Waals surface area contributed by atoms with E-state index in [1.54, 1.807) is 6.07 Å². The molecule has 1 rings (SSSR count). The molecule has 5 heteroatoms. The van der Waals surface area contributed by atoms with E-state index in [1.807, 2.05) is 6.92 Å². The summed E-state index contributed by atoms with van der Waals surface area (Å²) in [5.41, 5.74) is 0.839. The van der Waals surface area contributed by atoms with Crippen molar-refractivity contribution in [3.05, 3.63) is 22.1 Å². The average Bonchev–Trinajstić information content (AvgIpc) is 2.57. The van der Waals surface area contributed by atoms with E-state index in [-0.39, 0.29) is 5.91 Å². The van der Waals surface area contributed by atoms with Gasteiger partial charge in [-0.2, -0.15) is 0 Å². The molecule has 0 spiro atoms. The van der Waals surface area contributed by atoms with E-state index in [0.717, 1.165) is 25.1 Å². The highest BCUT2D eigenvalue weighted by Gasteiger charge is 2.13. The summed E-state index contributed by atoms with van der Waals surface area (Å²) in [6, 6.07) is 1.78. The molecule has 0 radical (unpaired) electrons. The van der Waals surface area contributed by atoms with Crippen molar-refractivity contribution in [1.29, 1.82) is 0 Å². The van der Waals surface area contributed by atoms with Crippen molar-refractivity contribution < 1.29 is 9.21 Å². The Morgan fingerprint density at radius 1 is 1.44 bits per heavy atom. The maximum atomic E-state index is 11.7. The number of amides is 1. The van der Waals surface area contributed by atoms with Gasteiger partial charge < -0.3 is 15.1 Å². The molecule has 0 unspecified atom stereocenters. The minimum absolute atomic E-state index is 0.165. The summed E-state index contributed by atoms with van der Waals surface area (Å²) in [6.45, 7) is 6.31. The zero-order chi connectivity index (χ0) is 12.0. The Balaban J connectivity index is 2.33. The third kappa shape index (κ3) is 3.98. The molecule has 0 aliphatic heterocycles. The number of carbonyl (C=O) groups is 1. The Bertz CT molecular complexity index is 350. The molecule has 0 aromatic carbocycles. The third-order valence-electron chi connectivity index (χ3n) is 2.11. The Morgan fingerprint density at radius 3 is 2.75 bits per heavy atom. The molecule has 0 saturated carbocycles. The van der Waals surface area contributed by atoms with E-state index >= 15 is 0 Å². The molecule has 1 aromatic rings. The molecule has 16 heavy (non-hydrogen) atoms. The summed E-state index contributed by atoms with van der Waals surface area (Å²) < 4.78 is 5.82. The molecule has 0 saturated heterocycles. The lowest BCUT2D eigenvalue weighted by Crippen LogP contribution is -2.32. The first-order chi connectivity index (χ1) is 7.65. The monoisotopic (exact) mass is 288 g/mol. The Labute approximate surface area is 104 Å². The lowest BCUT2D eigenvalue weighted by molar-refractivity contribution is 0.0924. The Hall–Kier alpha value is -0.810. The number of rotatable bonds is 6. The maximum Gasteiger partial charge on any atom is 0.287 e. The molecule has 1 heterocycles. The summed E-state index contributed by atoms with van der Waals surface area (Å²) in [5, 5.41) is 6.00. The van der Waals surface area contributed by atoms with E-state index in [9.17, 15) is 4.79 Å². The van der Waals surface area contributed by atoms with Gasteiger partial charge in [-0.3, -0.25) is 4.79 Å². The topological polar surface area (TPSA) is 54.3 Å². The van der Waals surface area contributed by atoms with Crippen LogP contribution in [0.2, 0.25) is 0 Å². The van der Waals surface area contributed by atoms with E-state index in [2.05, 4.69) is 33.5 Å². The molecule has 2 N–H and O–H groups in total. The molecule has 1 aromatic heterocycles. The van der Waals surface area contributed by atoms with Crippen LogP contribution in [-0.4, -0.2) is 25.5 Å². The van der Waals surface area contributed by atoms with Crippen molar-refractivity contribution in [3.63, 3.8) is 0 Å². The van der Waals surface area contributed by atoms with Crippen molar-refractivity contribution in [2.24, 2.45) is 0 Å². The molecule has 0 aliphatic carbocycles. The van der Waals surface area contributed by atoms with Crippen LogP contribution < -0.4 is 10.6 Å². The second-order valence-corrected chi connectivity index (χ2v) is 4.35. The second kappa shape index (κ2) is 6.70. The van der Waals surface area contributed by atoms with Crippen LogP contribution in [0.1, 0.15) is 29.5 Å². The van der Waals surface area contributed by atoms with Gasteiger partial charge in [-0.25, -0.2) is 0 Å². The Kier molecular flexibility index (Phi) is 5.55. The van der Waals surface area contributed by atoms with Crippen LogP contribution in [0, 0.1) is 6.92 Å². The lowest BCUT2D eigenvalue weighted by atomic mass is 10.3. The molecule has 0 bridgehead atoms. The van der Waals surface area contributed by atoms with E-state index in [1.165, 1.54) is 0 Å². The summed E-state index contributed by atoms with van der Waals surface area (Å²) >= 11 is 3.19. The van der Waals surface area contributed by atoms with Gasteiger partial charge in [0.25, 0.3) is 5.91 Å². The summed E-state index contributed by atoms with van der Waals surface area (Å²) in [5.74, 6) is 0.212. The van der Waals surface area contributed by atoms with Crippen molar-refractivity contribution in [3.8, 4) is 0 Å². The molecule has 90 valence electrons. The van der Waals surface area contributed by atoms with Gasteiger partial charge in [0.15, 0.2) is 10.4 Å². The predicted octanol–water partition coefficient (Wildman–Crippen LogP) is 2.08. The van der Waals surface area contributed by atoms with Crippen LogP contribution in [0.3, 0.4) is 0 Å².